The molecule has 4 atom stereocenters. The Kier molecular flexibility index (Phi) is 6.40. The Labute approximate surface area is 164 Å². The van der Waals surface area contributed by atoms with Crippen LogP contribution in [0.1, 0.15) is 29.7 Å². The van der Waals surface area contributed by atoms with Crippen molar-refractivity contribution in [3.8, 4) is 5.75 Å². The van der Waals surface area contributed by atoms with Crippen LogP contribution in [0, 0.1) is 0 Å². The molecular formula is C21H26ClNO4. The first-order valence-electron chi connectivity index (χ1n) is 9.15. The Morgan fingerprint density at radius 3 is 2.44 bits per heavy atom. The average Bonchev–Trinajstić information content (AvgIpc) is 2.64. The van der Waals surface area contributed by atoms with Crippen molar-refractivity contribution in [1.29, 1.82) is 0 Å². The molecule has 1 saturated heterocycles. The van der Waals surface area contributed by atoms with Crippen LogP contribution in [0.5, 0.6) is 5.75 Å². The Morgan fingerprint density at radius 1 is 1.07 bits per heavy atom. The van der Waals surface area contributed by atoms with E-state index in [1.54, 1.807) is 0 Å². The van der Waals surface area contributed by atoms with Gasteiger partial charge in [0.2, 0.25) is 0 Å². The van der Waals surface area contributed by atoms with Gasteiger partial charge in [-0.2, -0.15) is 0 Å². The number of likely N-dealkylation sites (tertiary alicyclic amines) is 1. The van der Waals surface area contributed by atoms with Crippen molar-refractivity contribution in [2.45, 2.75) is 37.7 Å². The summed E-state index contributed by atoms with van der Waals surface area (Å²) in [5.41, 5.74) is 2.91. The van der Waals surface area contributed by atoms with Crippen molar-refractivity contribution in [3.63, 3.8) is 0 Å². The molecule has 2 aromatic carbocycles. The van der Waals surface area contributed by atoms with E-state index in [2.05, 4.69) is 0 Å². The molecule has 0 amide bonds. The van der Waals surface area contributed by atoms with Crippen LogP contribution in [-0.4, -0.2) is 58.7 Å². The second-order valence-electron chi connectivity index (χ2n) is 7.04. The van der Waals surface area contributed by atoms with Crippen LogP contribution in [0.25, 0.3) is 0 Å². The lowest BCUT2D eigenvalue weighted by Gasteiger charge is -2.42. The first kappa shape index (κ1) is 20.1. The van der Waals surface area contributed by atoms with Gasteiger partial charge in [0, 0.05) is 11.6 Å². The van der Waals surface area contributed by atoms with E-state index in [0.717, 1.165) is 22.4 Å². The van der Waals surface area contributed by atoms with Gasteiger partial charge >= 0.3 is 0 Å². The number of aliphatic hydroxyl groups is 3. The first-order chi connectivity index (χ1) is 12.9. The Bertz CT molecular complexity index is 767. The number of aliphatic hydroxyl groups excluding tert-OH is 3. The highest BCUT2D eigenvalue weighted by Gasteiger charge is 2.40. The lowest BCUT2D eigenvalue weighted by atomic mass is 9.88. The van der Waals surface area contributed by atoms with Gasteiger partial charge in [0.15, 0.2) is 0 Å². The zero-order valence-electron chi connectivity index (χ0n) is 15.5. The summed E-state index contributed by atoms with van der Waals surface area (Å²) in [5.74, 6) is 0.834. The molecule has 0 bridgehead atoms. The van der Waals surface area contributed by atoms with E-state index in [1.165, 1.54) is 0 Å². The van der Waals surface area contributed by atoms with Crippen LogP contribution < -0.4 is 4.74 Å². The summed E-state index contributed by atoms with van der Waals surface area (Å²) in [4.78, 5) is 1.85. The van der Waals surface area contributed by atoms with E-state index in [-0.39, 0.29) is 0 Å². The van der Waals surface area contributed by atoms with Crippen molar-refractivity contribution in [2.75, 3.05) is 20.2 Å². The summed E-state index contributed by atoms with van der Waals surface area (Å²) in [6.45, 7) is 2.87. The van der Waals surface area contributed by atoms with Gasteiger partial charge in [0.1, 0.15) is 18.0 Å². The van der Waals surface area contributed by atoms with Gasteiger partial charge < -0.3 is 20.1 Å². The van der Waals surface area contributed by atoms with Crippen molar-refractivity contribution in [3.05, 3.63) is 64.2 Å². The maximum atomic E-state index is 10.5. The van der Waals surface area contributed by atoms with Crippen LogP contribution in [0.15, 0.2) is 42.5 Å². The molecule has 0 unspecified atom stereocenters. The van der Waals surface area contributed by atoms with Crippen molar-refractivity contribution >= 4 is 11.6 Å². The zero-order valence-corrected chi connectivity index (χ0v) is 16.3. The lowest BCUT2D eigenvalue weighted by molar-refractivity contribution is -0.132. The number of ether oxygens (including phenoxy) is 1. The van der Waals surface area contributed by atoms with E-state index >= 15 is 0 Å². The molecular weight excluding hydrogens is 366 g/mol. The Morgan fingerprint density at radius 2 is 1.78 bits per heavy atom. The quantitative estimate of drug-likeness (QED) is 0.730. The average molecular weight is 392 g/mol. The molecule has 6 heteroatoms. The minimum absolute atomic E-state index is 0.291. The minimum Gasteiger partial charge on any atom is -0.494 e. The van der Waals surface area contributed by atoms with Crippen LogP contribution >= 0.6 is 11.6 Å². The molecule has 1 aliphatic heterocycles. The van der Waals surface area contributed by atoms with Gasteiger partial charge in [-0.25, -0.2) is 0 Å². The van der Waals surface area contributed by atoms with Crippen LogP contribution in [0.3, 0.4) is 0 Å². The third-order valence-electron chi connectivity index (χ3n) is 5.06. The first-order valence-corrected chi connectivity index (χ1v) is 9.53. The number of piperidine rings is 1. The van der Waals surface area contributed by atoms with Crippen molar-refractivity contribution in [2.24, 2.45) is 0 Å². The molecule has 27 heavy (non-hydrogen) atoms. The van der Waals surface area contributed by atoms with E-state index in [0.29, 0.717) is 24.6 Å². The van der Waals surface area contributed by atoms with Crippen molar-refractivity contribution in [1.82, 2.24) is 4.90 Å². The number of nitrogens with zero attached hydrogens (tertiary/aromatic N) is 1. The molecule has 0 radical (unpaired) electrons. The lowest BCUT2D eigenvalue weighted by Crippen LogP contribution is -2.55. The SMILES string of the molecule is CCOc1ccc(Cc2cc([C@H]3[C@@H](O)[C@@H](O)[C@H](O)CN3C)ccc2Cl)cc1. The highest BCUT2D eigenvalue weighted by molar-refractivity contribution is 6.31. The van der Waals surface area contributed by atoms with Gasteiger partial charge in [-0.1, -0.05) is 35.9 Å². The Hall–Kier alpha value is -1.63. The smallest absolute Gasteiger partial charge is 0.119 e. The number of halogens is 1. The van der Waals surface area contributed by atoms with Gasteiger partial charge in [-0.15, -0.1) is 0 Å². The molecule has 5 nitrogen and oxygen atoms in total. The maximum Gasteiger partial charge on any atom is 0.119 e. The highest BCUT2D eigenvalue weighted by Crippen LogP contribution is 2.33. The fourth-order valence-corrected chi connectivity index (χ4v) is 3.83. The summed E-state index contributed by atoms with van der Waals surface area (Å²) >= 11 is 6.40. The fraction of sp³-hybridized carbons (Fsp3) is 0.429. The predicted octanol–water partition coefficient (Wildman–Crippen LogP) is 2.40. The van der Waals surface area contributed by atoms with E-state index in [1.807, 2.05) is 61.3 Å². The number of benzene rings is 2. The minimum atomic E-state index is -1.17. The Balaban J connectivity index is 1.83. The second-order valence-corrected chi connectivity index (χ2v) is 7.44. The summed E-state index contributed by atoms with van der Waals surface area (Å²) in [5, 5.41) is 31.0. The molecule has 1 aliphatic rings. The third kappa shape index (κ3) is 4.45. The number of hydrogen-bond acceptors (Lipinski definition) is 5. The van der Waals surface area contributed by atoms with Crippen molar-refractivity contribution < 1.29 is 20.1 Å². The third-order valence-corrected chi connectivity index (χ3v) is 5.43. The van der Waals surface area contributed by atoms with E-state index in [9.17, 15) is 15.3 Å². The number of likely N-dealkylation sites (N-methyl/N-ethyl adjacent to an activating group) is 1. The topological polar surface area (TPSA) is 73.2 Å². The van der Waals surface area contributed by atoms with E-state index in [4.69, 9.17) is 16.3 Å². The molecule has 1 fully saturated rings. The van der Waals surface area contributed by atoms with Gasteiger partial charge in [-0.05, 0) is 55.3 Å². The normalized spacial score (nSPS) is 26.1. The monoisotopic (exact) mass is 391 g/mol. The second kappa shape index (κ2) is 8.59. The largest absolute Gasteiger partial charge is 0.494 e. The zero-order chi connectivity index (χ0) is 19.6. The molecule has 3 N–H and O–H groups in total. The van der Waals surface area contributed by atoms with Crippen LogP contribution in [0.4, 0.5) is 0 Å². The number of hydrogen-bond donors (Lipinski definition) is 3. The summed E-state index contributed by atoms with van der Waals surface area (Å²) in [6, 6.07) is 13.1. The number of β-amino-alcohol motifs (C(OH)–C–C–N with tert-alkyl or cyclic N) is 1. The van der Waals surface area contributed by atoms with Gasteiger partial charge in [0.05, 0.1) is 18.8 Å². The molecule has 146 valence electrons. The fourth-order valence-electron chi connectivity index (χ4n) is 3.65. The summed E-state index contributed by atoms with van der Waals surface area (Å²) in [6.07, 6.45) is -2.55. The molecule has 1 heterocycles. The highest BCUT2D eigenvalue weighted by atomic mass is 35.5. The predicted molar refractivity (Wildman–Crippen MR) is 105 cm³/mol. The van der Waals surface area contributed by atoms with Crippen LogP contribution in [0.2, 0.25) is 5.02 Å². The summed E-state index contributed by atoms with van der Waals surface area (Å²) < 4.78 is 5.47. The molecule has 0 saturated carbocycles. The molecule has 2 aromatic rings. The maximum absolute atomic E-state index is 10.5. The van der Waals surface area contributed by atoms with Crippen LogP contribution in [-0.2, 0) is 6.42 Å². The molecule has 3 rings (SSSR count). The standard InChI is InChI=1S/C21H26ClNO4/c1-3-27-16-7-4-13(5-8-16)10-15-11-14(6-9-17(15)22)19-21(26)20(25)18(24)12-23(19)2/h4-9,11,18-21,24-26H,3,10,12H2,1-2H3/t18-,19+,20+,21-/m1/s1. The van der Waals surface area contributed by atoms with E-state index < -0.39 is 24.4 Å². The van der Waals surface area contributed by atoms with Gasteiger partial charge in [-0.3, -0.25) is 4.90 Å². The molecule has 0 spiro atoms. The van der Waals surface area contributed by atoms with Gasteiger partial charge in [0.25, 0.3) is 0 Å². The molecule has 0 aromatic heterocycles. The summed E-state index contributed by atoms with van der Waals surface area (Å²) in [7, 11) is 1.82. The molecule has 0 aliphatic carbocycles. The number of rotatable bonds is 5.